The predicted molar refractivity (Wildman–Crippen MR) is 113 cm³/mol. The predicted octanol–water partition coefficient (Wildman–Crippen LogP) is 4.05. The number of piperazine rings is 1. The number of carbonyl (C=O) groups excluding carboxylic acids is 1. The van der Waals surface area contributed by atoms with Crippen LogP contribution in [0, 0.1) is 0 Å². The highest BCUT2D eigenvalue weighted by atomic mass is 35.5. The number of aromatic nitrogens is 1. The van der Waals surface area contributed by atoms with E-state index >= 15 is 0 Å². The number of fused-ring (bicyclic) bond motifs is 1. The van der Waals surface area contributed by atoms with Crippen LogP contribution in [0.2, 0.25) is 5.15 Å². The normalized spacial score (nSPS) is 15.8. The molecular formula is C21H17ClF3N3O3S. The van der Waals surface area contributed by atoms with Gasteiger partial charge < -0.3 is 4.90 Å². The molecule has 1 saturated heterocycles. The summed E-state index contributed by atoms with van der Waals surface area (Å²) in [6.45, 7) is 0.0452. The SMILES string of the molecule is O=C(c1cc2ccccc2c(Cl)n1)N1CCN(S(=O)(=O)c2cccc(C(F)(F)F)c2)CC1. The number of amides is 1. The number of carbonyl (C=O) groups is 1. The van der Waals surface area contributed by atoms with Crippen LogP contribution in [0.4, 0.5) is 13.2 Å². The van der Waals surface area contributed by atoms with Gasteiger partial charge in [-0.2, -0.15) is 17.5 Å². The van der Waals surface area contributed by atoms with Crippen LogP contribution in [0.25, 0.3) is 10.8 Å². The van der Waals surface area contributed by atoms with E-state index in [1.165, 1.54) is 4.90 Å². The van der Waals surface area contributed by atoms with E-state index in [0.29, 0.717) is 11.5 Å². The van der Waals surface area contributed by atoms with Gasteiger partial charge in [0.25, 0.3) is 5.91 Å². The summed E-state index contributed by atoms with van der Waals surface area (Å²) in [6.07, 6.45) is -4.65. The number of sulfonamides is 1. The lowest BCUT2D eigenvalue weighted by atomic mass is 10.1. The summed E-state index contributed by atoms with van der Waals surface area (Å²) in [5.74, 6) is -0.395. The standard InChI is InChI=1S/C21H17ClF3N3O3S/c22-19-17-7-2-1-4-14(17)12-18(26-19)20(29)27-8-10-28(11-9-27)32(30,31)16-6-3-5-15(13-16)21(23,24)25/h1-7,12-13H,8-11H2. The largest absolute Gasteiger partial charge is 0.416 e. The number of hydrogen-bond acceptors (Lipinski definition) is 4. The molecule has 0 spiro atoms. The summed E-state index contributed by atoms with van der Waals surface area (Å²) in [5, 5.41) is 1.65. The maximum Gasteiger partial charge on any atom is 0.416 e. The smallest absolute Gasteiger partial charge is 0.335 e. The molecule has 0 N–H and O–H groups in total. The zero-order valence-corrected chi connectivity index (χ0v) is 18.1. The minimum Gasteiger partial charge on any atom is -0.335 e. The molecule has 6 nitrogen and oxygen atoms in total. The van der Waals surface area contributed by atoms with Gasteiger partial charge in [0.15, 0.2) is 0 Å². The van der Waals surface area contributed by atoms with Crippen molar-refractivity contribution in [2.45, 2.75) is 11.1 Å². The van der Waals surface area contributed by atoms with Crippen LogP contribution >= 0.6 is 11.6 Å². The second-order valence-corrected chi connectivity index (χ2v) is 9.54. The molecule has 4 rings (SSSR count). The Labute approximate surface area is 187 Å². The third kappa shape index (κ3) is 4.30. The summed E-state index contributed by atoms with van der Waals surface area (Å²) in [7, 11) is -4.14. The Hall–Kier alpha value is -2.69. The van der Waals surface area contributed by atoms with Gasteiger partial charge in [0.05, 0.1) is 10.5 Å². The molecule has 0 atom stereocenters. The summed E-state index contributed by atoms with van der Waals surface area (Å²) >= 11 is 6.19. The van der Waals surface area contributed by atoms with Crippen molar-refractivity contribution >= 4 is 38.3 Å². The topological polar surface area (TPSA) is 70.6 Å². The van der Waals surface area contributed by atoms with Gasteiger partial charge in [-0.05, 0) is 29.7 Å². The van der Waals surface area contributed by atoms with E-state index in [-0.39, 0.29) is 37.0 Å². The van der Waals surface area contributed by atoms with Crippen LogP contribution in [0.3, 0.4) is 0 Å². The van der Waals surface area contributed by atoms with E-state index in [1.807, 2.05) is 6.07 Å². The first-order chi connectivity index (χ1) is 15.1. The first kappa shape index (κ1) is 22.5. The lowest BCUT2D eigenvalue weighted by Crippen LogP contribution is -2.50. The second-order valence-electron chi connectivity index (χ2n) is 7.24. The molecule has 32 heavy (non-hydrogen) atoms. The molecule has 2 heterocycles. The van der Waals surface area contributed by atoms with Crippen LogP contribution in [0.1, 0.15) is 16.1 Å². The van der Waals surface area contributed by atoms with Crippen LogP contribution in [0.15, 0.2) is 59.5 Å². The molecule has 0 radical (unpaired) electrons. The van der Waals surface area contributed by atoms with Gasteiger partial charge in [0, 0.05) is 31.6 Å². The van der Waals surface area contributed by atoms with Crippen molar-refractivity contribution < 1.29 is 26.4 Å². The molecule has 1 amide bonds. The van der Waals surface area contributed by atoms with Crippen LogP contribution in [-0.4, -0.2) is 54.7 Å². The maximum atomic E-state index is 13.0. The third-order valence-electron chi connectivity index (χ3n) is 5.24. The molecule has 1 fully saturated rings. The van der Waals surface area contributed by atoms with Crippen molar-refractivity contribution in [1.29, 1.82) is 0 Å². The molecule has 2 aromatic carbocycles. The monoisotopic (exact) mass is 483 g/mol. The van der Waals surface area contributed by atoms with E-state index < -0.39 is 32.6 Å². The van der Waals surface area contributed by atoms with Gasteiger partial charge in [0.2, 0.25) is 10.0 Å². The van der Waals surface area contributed by atoms with E-state index in [9.17, 15) is 26.4 Å². The first-order valence-corrected chi connectivity index (χ1v) is 11.4. The number of nitrogens with zero attached hydrogens (tertiary/aromatic N) is 3. The molecule has 0 aliphatic carbocycles. The van der Waals surface area contributed by atoms with E-state index in [1.54, 1.807) is 24.3 Å². The fourth-order valence-corrected chi connectivity index (χ4v) is 5.27. The number of pyridine rings is 1. The molecular weight excluding hydrogens is 467 g/mol. The number of benzene rings is 2. The molecule has 1 aliphatic heterocycles. The van der Waals surface area contributed by atoms with Gasteiger partial charge >= 0.3 is 6.18 Å². The molecule has 1 aliphatic rings. The average Bonchev–Trinajstić information content (AvgIpc) is 2.78. The Kier molecular flexibility index (Phi) is 5.87. The number of rotatable bonds is 3. The van der Waals surface area contributed by atoms with Gasteiger partial charge in [0.1, 0.15) is 10.8 Å². The van der Waals surface area contributed by atoms with E-state index in [4.69, 9.17) is 11.6 Å². The third-order valence-corrected chi connectivity index (χ3v) is 7.42. The lowest BCUT2D eigenvalue weighted by molar-refractivity contribution is -0.137. The zero-order chi connectivity index (χ0) is 23.1. The van der Waals surface area contributed by atoms with Gasteiger partial charge in [-0.1, -0.05) is 41.9 Å². The van der Waals surface area contributed by atoms with E-state index in [0.717, 1.165) is 27.9 Å². The number of alkyl halides is 3. The molecule has 0 saturated carbocycles. The molecule has 3 aromatic rings. The number of halogens is 4. The highest BCUT2D eigenvalue weighted by molar-refractivity contribution is 7.89. The van der Waals surface area contributed by atoms with Crippen molar-refractivity contribution in [1.82, 2.24) is 14.2 Å². The number of hydrogen-bond donors (Lipinski definition) is 0. The van der Waals surface area contributed by atoms with E-state index in [2.05, 4.69) is 4.98 Å². The van der Waals surface area contributed by atoms with Crippen molar-refractivity contribution in [3.05, 3.63) is 71.0 Å². The molecule has 11 heteroatoms. The molecule has 168 valence electrons. The Morgan fingerprint density at radius 3 is 2.34 bits per heavy atom. The summed E-state index contributed by atoms with van der Waals surface area (Å²) in [6, 6.07) is 12.5. The highest BCUT2D eigenvalue weighted by Gasteiger charge is 2.34. The van der Waals surface area contributed by atoms with Crippen LogP contribution in [-0.2, 0) is 16.2 Å². The Morgan fingerprint density at radius 1 is 0.969 bits per heavy atom. The fourth-order valence-electron chi connectivity index (χ4n) is 3.54. The summed E-state index contributed by atoms with van der Waals surface area (Å²) in [4.78, 5) is 18.1. The van der Waals surface area contributed by atoms with Crippen LogP contribution < -0.4 is 0 Å². The second kappa shape index (κ2) is 8.34. The summed E-state index contributed by atoms with van der Waals surface area (Å²) in [5.41, 5.74) is -0.894. The summed E-state index contributed by atoms with van der Waals surface area (Å²) < 4.78 is 65.6. The Balaban J connectivity index is 1.50. The molecule has 0 bridgehead atoms. The fraction of sp³-hybridized carbons (Fsp3) is 0.238. The van der Waals surface area contributed by atoms with Crippen molar-refractivity contribution in [3.8, 4) is 0 Å². The first-order valence-electron chi connectivity index (χ1n) is 9.59. The quantitative estimate of drug-likeness (QED) is 0.527. The van der Waals surface area contributed by atoms with Gasteiger partial charge in [-0.25, -0.2) is 13.4 Å². The van der Waals surface area contributed by atoms with Crippen molar-refractivity contribution in [2.24, 2.45) is 0 Å². The minimum atomic E-state index is -4.65. The zero-order valence-electron chi connectivity index (χ0n) is 16.5. The Morgan fingerprint density at radius 2 is 1.66 bits per heavy atom. The van der Waals surface area contributed by atoms with Crippen LogP contribution in [0.5, 0.6) is 0 Å². The Bertz CT molecular complexity index is 1290. The van der Waals surface area contributed by atoms with Crippen molar-refractivity contribution in [2.75, 3.05) is 26.2 Å². The molecule has 1 aromatic heterocycles. The minimum absolute atomic E-state index is 0.0500. The maximum absolute atomic E-state index is 13.0. The average molecular weight is 484 g/mol. The van der Waals surface area contributed by atoms with Gasteiger partial charge in [-0.15, -0.1) is 0 Å². The highest BCUT2D eigenvalue weighted by Crippen LogP contribution is 2.31. The van der Waals surface area contributed by atoms with Crippen molar-refractivity contribution in [3.63, 3.8) is 0 Å². The lowest BCUT2D eigenvalue weighted by Gasteiger charge is -2.34. The van der Waals surface area contributed by atoms with Gasteiger partial charge in [-0.3, -0.25) is 4.79 Å². The molecule has 0 unspecified atom stereocenters.